The standard InChI is InChI=1S/C15H17ClN2O2/c1-2-15(19)18-9-7-17(8-10-18)11-12-20-14-5-3-13(16)4-6-14/h1,3-6H,7-12H2. The van der Waals surface area contributed by atoms with Crippen molar-refractivity contribution in [1.29, 1.82) is 0 Å². The first kappa shape index (κ1) is 14.7. The fraction of sp³-hybridized carbons (Fsp3) is 0.400. The Morgan fingerprint density at radius 1 is 1.25 bits per heavy atom. The Labute approximate surface area is 124 Å². The Balaban J connectivity index is 1.68. The summed E-state index contributed by atoms with van der Waals surface area (Å²) in [5.41, 5.74) is 0. The van der Waals surface area contributed by atoms with Gasteiger partial charge in [-0.1, -0.05) is 11.6 Å². The minimum Gasteiger partial charge on any atom is -0.492 e. The van der Waals surface area contributed by atoms with E-state index in [-0.39, 0.29) is 5.91 Å². The van der Waals surface area contributed by atoms with Crippen molar-refractivity contribution in [3.8, 4) is 18.1 Å². The second-order valence-corrected chi connectivity index (χ2v) is 5.02. The third-order valence-corrected chi connectivity index (χ3v) is 3.52. The van der Waals surface area contributed by atoms with E-state index >= 15 is 0 Å². The maximum Gasteiger partial charge on any atom is 0.298 e. The first-order chi connectivity index (χ1) is 9.69. The van der Waals surface area contributed by atoms with Crippen LogP contribution in [-0.4, -0.2) is 55.0 Å². The van der Waals surface area contributed by atoms with Gasteiger partial charge in [0.2, 0.25) is 0 Å². The molecule has 20 heavy (non-hydrogen) atoms. The predicted octanol–water partition coefficient (Wildman–Crippen LogP) is 1.50. The molecule has 1 aromatic rings. The molecule has 5 heteroatoms. The zero-order valence-electron chi connectivity index (χ0n) is 11.2. The average Bonchev–Trinajstić information content (AvgIpc) is 2.49. The minimum atomic E-state index is -0.220. The number of hydrogen-bond acceptors (Lipinski definition) is 3. The maximum atomic E-state index is 11.3. The summed E-state index contributed by atoms with van der Waals surface area (Å²) in [6, 6.07) is 7.32. The van der Waals surface area contributed by atoms with Gasteiger partial charge in [-0.3, -0.25) is 9.69 Å². The highest BCUT2D eigenvalue weighted by atomic mass is 35.5. The van der Waals surface area contributed by atoms with Gasteiger partial charge in [-0.15, -0.1) is 6.42 Å². The summed E-state index contributed by atoms with van der Waals surface area (Å²) < 4.78 is 5.65. The van der Waals surface area contributed by atoms with Gasteiger partial charge < -0.3 is 9.64 Å². The van der Waals surface area contributed by atoms with Crippen LogP contribution in [0.25, 0.3) is 0 Å². The lowest BCUT2D eigenvalue weighted by Crippen LogP contribution is -2.49. The molecule has 1 amide bonds. The van der Waals surface area contributed by atoms with Crippen LogP contribution in [0.4, 0.5) is 0 Å². The van der Waals surface area contributed by atoms with Gasteiger partial charge in [0.25, 0.3) is 5.91 Å². The van der Waals surface area contributed by atoms with Gasteiger partial charge in [0.1, 0.15) is 12.4 Å². The summed E-state index contributed by atoms with van der Waals surface area (Å²) in [7, 11) is 0. The normalized spacial score (nSPS) is 15.7. The summed E-state index contributed by atoms with van der Waals surface area (Å²) >= 11 is 5.81. The summed E-state index contributed by atoms with van der Waals surface area (Å²) in [6.07, 6.45) is 5.11. The van der Waals surface area contributed by atoms with Crippen LogP contribution in [-0.2, 0) is 4.79 Å². The van der Waals surface area contributed by atoms with Crippen molar-refractivity contribution in [1.82, 2.24) is 9.80 Å². The highest BCUT2D eigenvalue weighted by Gasteiger charge is 2.19. The number of halogens is 1. The second-order valence-electron chi connectivity index (χ2n) is 4.58. The van der Waals surface area contributed by atoms with E-state index in [1.807, 2.05) is 12.1 Å². The van der Waals surface area contributed by atoms with Crippen molar-refractivity contribution in [2.24, 2.45) is 0 Å². The van der Waals surface area contributed by atoms with Gasteiger partial charge in [0.15, 0.2) is 0 Å². The third-order valence-electron chi connectivity index (χ3n) is 3.27. The molecule has 0 N–H and O–H groups in total. The zero-order valence-corrected chi connectivity index (χ0v) is 12.0. The number of ether oxygens (including phenoxy) is 1. The van der Waals surface area contributed by atoms with Crippen LogP contribution < -0.4 is 4.74 Å². The number of carbonyl (C=O) groups excluding carboxylic acids is 1. The summed E-state index contributed by atoms with van der Waals surface area (Å²) in [6.45, 7) is 4.48. The van der Waals surface area contributed by atoms with Crippen molar-refractivity contribution >= 4 is 17.5 Å². The molecule has 1 aliphatic rings. The SMILES string of the molecule is C#CC(=O)N1CCN(CCOc2ccc(Cl)cc2)CC1. The highest BCUT2D eigenvalue weighted by molar-refractivity contribution is 6.30. The van der Waals surface area contributed by atoms with Gasteiger partial charge in [-0.05, 0) is 30.2 Å². The molecular weight excluding hydrogens is 276 g/mol. The zero-order chi connectivity index (χ0) is 14.4. The molecule has 0 saturated carbocycles. The molecule has 2 rings (SSSR count). The number of hydrogen-bond donors (Lipinski definition) is 0. The Hall–Kier alpha value is -1.70. The van der Waals surface area contributed by atoms with E-state index < -0.39 is 0 Å². The van der Waals surface area contributed by atoms with Crippen LogP contribution in [0.5, 0.6) is 5.75 Å². The van der Waals surface area contributed by atoms with Gasteiger partial charge in [0, 0.05) is 37.7 Å². The monoisotopic (exact) mass is 292 g/mol. The van der Waals surface area contributed by atoms with Crippen molar-refractivity contribution in [2.45, 2.75) is 0 Å². The number of nitrogens with zero attached hydrogens (tertiary/aromatic N) is 2. The van der Waals surface area contributed by atoms with Gasteiger partial charge in [-0.25, -0.2) is 0 Å². The summed E-state index contributed by atoms with van der Waals surface area (Å²) in [4.78, 5) is 15.3. The topological polar surface area (TPSA) is 32.8 Å². The molecule has 106 valence electrons. The molecule has 0 aliphatic carbocycles. The van der Waals surface area contributed by atoms with Crippen LogP contribution in [0.3, 0.4) is 0 Å². The lowest BCUT2D eigenvalue weighted by molar-refractivity contribution is -0.126. The number of piperazine rings is 1. The molecule has 0 unspecified atom stereocenters. The van der Waals surface area contributed by atoms with Gasteiger partial charge >= 0.3 is 0 Å². The Morgan fingerprint density at radius 3 is 2.50 bits per heavy atom. The molecule has 0 radical (unpaired) electrons. The molecule has 0 spiro atoms. The third kappa shape index (κ3) is 4.16. The van der Waals surface area contributed by atoms with E-state index in [1.165, 1.54) is 0 Å². The van der Waals surface area contributed by atoms with Crippen LogP contribution in [0, 0.1) is 12.3 Å². The van der Waals surface area contributed by atoms with Crippen LogP contribution in [0.1, 0.15) is 0 Å². The number of terminal acetylenes is 1. The second kappa shape index (κ2) is 7.18. The van der Waals surface area contributed by atoms with Crippen molar-refractivity contribution in [3.63, 3.8) is 0 Å². The molecule has 0 bridgehead atoms. The first-order valence-electron chi connectivity index (χ1n) is 6.55. The number of benzene rings is 1. The molecule has 0 atom stereocenters. The van der Waals surface area contributed by atoms with E-state index in [9.17, 15) is 4.79 Å². The van der Waals surface area contributed by atoms with E-state index in [0.717, 1.165) is 25.4 Å². The molecule has 1 heterocycles. The molecule has 0 aromatic heterocycles. The molecule has 1 aliphatic heterocycles. The summed E-state index contributed by atoms with van der Waals surface area (Å²) in [5.74, 6) is 2.75. The summed E-state index contributed by atoms with van der Waals surface area (Å²) in [5, 5.41) is 0.701. The van der Waals surface area contributed by atoms with Gasteiger partial charge in [-0.2, -0.15) is 0 Å². The minimum absolute atomic E-state index is 0.220. The lowest BCUT2D eigenvalue weighted by Gasteiger charge is -2.33. The largest absolute Gasteiger partial charge is 0.492 e. The van der Waals surface area contributed by atoms with E-state index in [2.05, 4.69) is 10.8 Å². The van der Waals surface area contributed by atoms with Gasteiger partial charge in [0.05, 0.1) is 0 Å². The van der Waals surface area contributed by atoms with E-state index in [1.54, 1.807) is 17.0 Å². The Kier molecular flexibility index (Phi) is 5.28. The first-order valence-corrected chi connectivity index (χ1v) is 6.93. The maximum absolute atomic E-state index is 11.3. The Morgan fingerprint density at radius 2 is 1.90 bits per heavy atom. The van der Waals surface area contributed by atoms with Crippen LogP contribution >= 0.6 is 11.6 Å². The van der Waals surface area contributed by atoms with Crippen LogP contribution in [0.15, 0.2) is 24.3 Å². The molecule has 1 saturated heterocycles. The predicted molar refractivity (Wildman–Crippen MR) is 78.8 cm³/mol. The van der Waals surface area contributed by atoms with E-state index in [4.69, 9.17) is 22.8 Å². The smallest absolute Gasteiger partial charge is 0.298 e. The van der Waals surface area contributed by atoms with E-state index in [0.29, 0.717) is 24.7 Å². The number of rotatable bonds is 4. The number of carbonyl (C=O) groups is 1. The molecule has 1 fully saturated rings. The molecular formula is C15H17ClN2O2. The Bertz CT molecular complexity index is 488. The fourth-order valence-corrected chi connectivity index (χ4v) is 2.22. The van der Waals surface area contributed by atoms with Crippen molar-refractivity contribution in [2.75, 3.05) is 39.3 Å². The number of amides is 1. The molecule has 1 aromatic carbocycles. The lowest BCUT2D eigenvalue weighted by atomic mass is 10.3. The van der Waals surface area contributed by atoms with Crippen molar-refractivity contribution < 1.29 is 9.53 Å². The highest BCUT2D eigenvalue weighted by Crippen LogP contribution is 2.15. The fourth-order valence-electron chi connectivity index (χ4n) is 2.09. The average molecular weight is 293 g/mol. The molecule has 4 nitrogen and oxygen atoms in total. The van der Waals surface area contributed by atoms with Crippen molar-refractivity contribution in [3.05, 3.63) is 29.3 Å². The quantitative estimate of drug-likeness (QED) is 0.789. The van der Waals surface area contributed by atoms with Crippen LogP contribution in [0.2, 0.25) is 5.02 Å².